The van der Waals surface area contributed by atoms with Crippen LogP contribution >= 0.6 is 0 Å². The summed E-state index contributed by atoms with van der Waals surface area (Å²) in [4.78, 5) is 4.62. The van der Waals surface area contributed by atoms with Crippen molar-refractivity contribution in [3.63, 3.8) is 0 Å². The van der Waals surface area contributed by atoms with Crippen LogP contribution in [-0.4, -0.2) is 20.3 Å². The fraction of sp³-hybridized carbons (Fsp3) is 0.100. The predicted molar refractivity (Wildman–Crippen MR) is 191 cm³/mol. The topological polar surface area (TPSA) is 6.48 Å². The first kappa shape index (κ1) is 37.1. The molecule has 6 aromatic rings. The van der Waals surface area contributed by atoms with Crippen LogP contribution in [0.25, 0.3) is 11.1 Å². The fourth-order valence-electron chi connectivity index (χ4n) is 5.28. The van der Waals surface area contributed by atoms with Crippen molar-refractivity contribution in [1.29, 1.82) is 0 Å². The molecule has 9 heteroatoms. The Kier molecular flexibility index (Phi) is 11.6. The van der Waals surface area contributed by atoms with Crippen LogP contribution in [0, 0.1) is 27.7 Å². The fourth-order valence-corrected chi connectivity index (χ4v) is 5.28. The molecule has 2 nitrogen and oxygen atoms in total. The molecule has 0 aliphatic heterocycles. The number of nitrogens with zero attached hydrogens (tertiary/aromatic N) is 2. The van der Waals surface area contributed by atoms with Crippen molar-refractivity contribution >= 4 is 54.4 Å². The summed E-state index contributed by atoms with van der Waals surface area (Å²) >= 11 is -9.19. The molecule has 0 saturated carbocycles. The van der Waals surface area contributed by atoms with E-state index in [1.165, 1.54) is 33.4 Å². The molecule has 254 valence electrons. The van der Waals surface area contributed by atoms with Gasteiger partial charge in [-0.1, -0.05) is 95.1 Å². The third-order valence-electron chi connectivity index (χ3n) is 7.75. The first-order valence-corrected chi connectivity index (χ1v) is 20.2. The number of halogens is 6. The third-order valence-corrected chi connectivity index (χ3v) is 7.75. The van der Waals surface area contributed by atoms with Gasteiger partial charge in [0.2, 0.25) is 0 Å². The molecule has 0 spiro atoms. The standard InChI is InChI=1S/C40H36N2.6FH.Sb/c1-29-5-17-35(18-6-29)41(36-19-7-30(2)8-20-36)39-25-13-33(14-26-39)34-15-27-40(28-16-34)42(37-21-9-31(3)10-22-37)38-23-11-32(4)12-24-38;;;;;;;/h5-28H,1-4H3;6*1H;/q;;;;;;;+5/p-6. The van der Waals surface area contributed by atoms with Gasteiger partial charge in [0.05, 0.1) is 0 Å². The average Bonchev–Trinajstić information content (AvgIpc) is 3.04. The molecule has 0 fully saturated rings. The molecule has 0 N–H and O–H groups in total. The van der Waals surface area contributed by atoms with Crippen molar-refractivity contribution in [1.82, 2.24) is 0 Å². The SMILES string of the molecule is Cc1ccc(N(c2ccc(C)cc2)c2ccc(-c3ccc(N(c4ccc(C)cc4)c4ccc(C)cc4)cc3)cc2)cc1.[F-].[F][Sb]([F])([F])([F])[F]. The van der Waals surface area contributed by atoms with E-state index in [-0.39, 0.29) is 4.70 Å². The van der Waals surface area contributed by atoms with Crippen molar-refractivity contribution < 1.29 is 18.8 Å². The molecule has 0 aromatic heterocycles. The summed E-state index contributed by atoms with van der Waals surface area (Å²) in [5, 5.41) is 0. The van der Waals surface area contributed by atoms with E-state index in [9.17, 15) is 14.1 Å². The van der Waals surface area contributed by atoms with Gasteiger partial charge in [0.1, 0.15) is 0 Å². The molecule has 0 unspecified atom stereocenters. The van der Waals surface area contributed by atoms with Crippen molar-refractivity contribution in [2.24, 2.45) is 0 Å². The molecule has 0 amide bonds. The van der Waals surface area contributed by atoms with E-state index in [0.29, 0.717) is 0 Å². The van der Waals surface area contributed by atoms with Gasteiger partial charge >= 0.3 is 34.4 Å². The minimum atomic E-state index is -9.19. The zero-order valence-corrected chi connectivity index (χ0v) is 30.0. The monoisotopic (exact) mass is 779 g/mol. The van der Waals surface area contributed by atoms with Gasteiger partial charge in [-0.25, -0.2) is 0 Å². The van der Waals surface area contributed by atoms with Crippen LogP contribution in [0.15, 0.2) is 146 Å². The Labute approximate surface area is 288 Å². The van der Waals surface area contributed by atoms with E-state index in [1.54, 1.807) is 0 Å². The van der Waals surface area contributed by atoms with E-state index in [2.05, 4.69) is 183 Å². The molecule has 0 saturated heterocycles. The Bertz CT molecular complexity index is 1690. The summed E-state index contributed by atoms with van der Waals surface area (Å²) in [6.45, 7) is 8.50. The first-order valence-electron chi connectivity index (χ1n) is 15.4. The number of anilines is 6. The molecule has 0 heterocycles. The normalized spacial score (nSPS) is 11.7. The maximum atomic E-state index is 9.91. The average molecular weight is 780 g/mol. The van der Waals surface area contributed by atoms with Gasteiger partial charge < -0.3 is 14.5 Å². The molecule has 0 atom stereocenters. The van der Waals surface area contributed by atoms with Gasteiger partial charge in [0.15, 0.2) is 0 Å². The Hall–Kier alpha value is -4.68. The summed E-state index contributed by atoms with van der Waals surface area (Å²) in [7, 11) is 0. The van der Waals surface area contributed by atoms with Crippen molar-refractivity contribution in [3.05, 3.63) is 168 Å². The van der Waals surface area contributed by atoms with E-state index in [4.69, 9.17) is 0 Å². The van der Waals surface area contributed by atoms with Crippen LogP contribution in [-0.2, 0) is 0 Å². The molecule has 0 aliphatic carbocycles. The summed E-state index contributed by atoms with van der Waals surface area (Å²) in [6, 6.07) is 52.6. The summed E-state index contributed by atoms with van der Waals surface area (Å²) in [6.07, 6.45) is 0. The first-order chi connectivity index (χ1) is 22.7. The van der Waals surface area contributed by atoms with Gasteiger partial charge in [-0.3, -0.25) is 0 Å². The van der Waals surface area contributed by atoms with E-state index in [0.717, 1.165) is 34.1 Å². The molecule has 0 bridgehead atoms. The summed E-state index contributed by atoms with van der Waals surface area (Å²) in [5.74, 6) is 0. The van der Waals surface area contributed by atoms with Gasteiger partial charge in [-0.2, -0.15) is 0 Å². The van der Waals surface area contributed by atoms with Crippen LogP contribution in [0.1, 0.15) is 22.3 Å². The van der Waals surface area contributed by atoms with Gasteiger partial charge in [0, 0.05) is 34.1 Å². The van der Waals surface area contributed by atoms with Gasteiger partial charge in [-0.15, -0.1) is 0 Å². The second-order valence-electron chi connectivity index (χ2n) is 11.7. The number of hydrogen-bond acceptors (Lipinski definition) is 2. The predicted octanol–water partition coefficient (Wildman–Crippen LogP) is 10.3. The molecule has 0 aliphatic rings. The third kappa shape index (κ3) is 10.7. The maximum absolute atomic E-state index is 9.91. The van der Waals surface area contributed by atoms with Gasteiger partial charge in [0.25, 0.3) is 0 Å². The van der Waals surface area contributed by atoms with Crippen molar-refractivity contribution in [2.45, 2.75) is 27.7 Å². The van der Waals surface area contributed by atoms with E-state index >= 15 is 0 Å². The number of aryl methyl sites for hydroxylation is 4. The Morgan fingerprint density at radius 1 is 0.306 bits per heavy atom. The van der Waals surface area contributed by atoms with Crippen LogP contribution in [0.4, 0.5) is 48.2 Å². The van der Waals surface area contributed by atoms with Crippen LogP contribution in [0.5, 0.6) is 0 Å². The molecule has 0 radical (unpaired) electrons. The number of hydrogen-bond donors (Lipinski definition) is 0. The summed E-state index contributed by atoms with van der Waals surface area (Å²) < 4.78 is 49.6. The second-order valence-corrected chi connectivity index (χ2v) is 15.4. The molecule has 6 rings (SSSR count). The Morgan fingerprint density at radius 2 is 0.449 bits per heavy atom. The Morgan fingerprint density at radius 3 is 0.612 bits per heavy atom. The van der Waals surface area contributed by atoms with Crippen molar-refractivity contribution in [3.8, 4) is 11.1 Å². The molecule has 6 aromatic carbocycles. The number of benzene rings is 6. The van der Waals surface area contributed by atoms with Crippen LogP contribution < -0.4 is 14.5 Å². The Balaban J connectivity index is 0.000000710. The van der Waals surface area contributed by atoms with Crippen molar-refractivity contribution in [2.75, 3.05) is 9.80 Å². The van der Waals surface area contributed by atoms with Crippen LogP contribution in [0.3, 0.4) is 0 Å². The zero-order valence-electron chi connectivity index (χ0n) is 27.5. The molecule has 49 heavy (non-hydrogen) atoms. The molecular formula is C40H36F6N2Sb-. The van der Waals surface area contributed by atoms with Gasteiger partial charge in [-0.05, 0) is 112 Å². The molecular weight excluding hydrogens is 744 g/mol. The second kappa shape index (κ2) is 15.3. The quantitative estimate of drug-likeness (QED) is 0.118. The van der Waals surface area contributed by atoms with Crippen LogP contribution in [0.2, 0.25) is 0 Å². The van der Waals surface area contributed by atoms with E-state index < -0.39 is 20.3 Å². The number of rotatable bonds is 7. The zero-order chi connectivity index (χ0) is 34.5. The van der Waals surface area contributed by atoms with E-state index in [1.807, 2.05) is 0 Å². The summed E-state index contributed by atoms with van der Waals surface area (Å²) in [5.41, 5.74) is 14.3. The minimum absolute atomic E-state index is 0.